The van der Waals surface area contributed by atoms with Crippen LogP contribution in [0.25, 0.3) is 0 Å². The van der Waals surface area contributed by atoms with Gasteiger partial charge in [-0.25, -0.2) is 8.42 Å². The second kappa shape index (κ2) is 11.6. The minimum Gasteiger partial charge on any atom is -0.497 e. The summed E-state index contributed by atoms with van der Waals surface area (Å²) in [5.41, 5.74) is 2.92. The minimum absolute atomic E-state index is 0.0234. The molecular formula is C28H33N3O4S. The lowest BCUT2D eigenvalue weighted by Gasteiger charge is -2.35. The summed E-state index contributed by atoms with van der Waals surface area (Å²) in [6, 6.07) is 21.2. The highest BCUT2D eigenvalue weighted by molar-refractivity contribution is 7.92. The van der Waals surface area contributed by atoms with Gasteiger partial charge in [0.25, 0.3) is 15.9 Å². The van der Waals surface area contributed by atoms with Crippen LogP contribution in [-0.2, 0) is 10.0 Å². The Hall–Kier alpha value is -3.36. The Bertz CT molecular complexity index is 1270. The first-order valence-electron chi connectivity index (χ1n) is 12.2. The number of ether oxygens (including phenoxy) is 1. The van der Waals surface area contributed by atoms with E-state index in [1.165, 1.54) is 18.6 Å². The van der Waals surface area contributed by atoms with Crippen LogP contribution in [0.5, 0.6) is 5.75 Å². The second-order valence-electron chi connectivity index (χ2n) is 9.09. The maximum Gasteiger partial charge on any atom is 0.261 e. The number of hydrogen-bond donors (Lipinski definition) is 2. The fourth-order valence-electron chi connectivity index (χ4n) is 4.45. The van der Waals surface area contributed by atoms with E-state index >= 15 is 0 Å². The number of benzene rings is 3. The SMILES string of the molecule is COc1ccc([C@@H](CNC(=O)c2cccc(S(=O)(=O)Nc3ccc(C)cc3)c2)N2CCCCC2)cc1. The zero-order valence-electron chi connectivity index (χ0n) is 20.7. The molecule has 1 aliphatic heterocycles. The van der Waals surface area contributed by atoms with Crippen molar-refractivity contribution in [3.05, 3.63) is 89.5 Å². The molecule has 0 aliphatic carbocycles. The number of sulfonamides is 1. The highest BCUT2D eigenvalue weighted by Gasteiger charge is 2.24. The van der Waals surface area contributed by atoms with Crippen molar-refractivity contribution >= 4 is 21.6 Å². The molecule has 0 aromatic heterocycles. The van der Waals surface area contributed by atoms with Crippen molar-refractivity contribution in [3.63, 3.8) is 0 Å². The molecule has 0 saturated carbocycles. The third-order valence-corrected chi connectivity index (χ3v) is 7.88. The number of hydrogen-bond acceptors (Lipinski definition) is 5. The van der Waals surface area contributed by atoms with Crippen molar-refractivity contribution in [2.24, 2.45) is 0 Å². The molecular weight excluding hydrogens is 474 g/mol. The average molecular weight is 508 g/mol. The lowest BCUT2D eigenvalue weighted by atomic mass is 10.0. The number of anilines is 1. The molecule has 1 atom stereocenters. The van der Waals surface area contributed by atoms with E-state index in [9.17, 15) is 13.2 Å². The Morgan fingerprint density at radius 2 is 1.67 bits per heavy atom. The summed E-state index contributed by atoms with van der Waals surface area (Å²) in [5, 5.41) is 3.03. The molecule has 0 unspecified atom stereocenters. The maximum atomic E-state index is 13.1. The zero-order valence-corrected chi connectivity index (χ0v) is 21.6. The van der Waals surface area contributed by atoms with Crippen molar-refractivity contribution in [2.45, 2.75) is 37.1 Å². The van der Waals surface area contributed by atoms with Crippen LogP contribution in [0.4, 0.5) is 5.69 Å². The number of aryl methyl sites for hydroxylation is 1. The molecule has 36 heavy (non-hydrogen) atoms. The van der Waals surface area contributed by atoms with E-state index < -0.39 is 10.0 Å². The van der Waals surface area contributed by atoms with E-state index in [4.69, 9.17) is 4.74 Å². The molecule has 3 aromatic carbocycles. The monoisotopic (exact) mass is 507 g/mol. The van der Waals surface area contributed by atoms with E-state index in [2.05, 4.69) is 14.9 Å². The van der Waals surface area contributed by atoms with Gasteiger partial charge in [-0.15, -0.1) is 0 Å². The van der Waals surface area contributed by atoms with Crippen molar-refractivity contribution in [3.8, 4) is 5.75 Å². The Morgan fingerprint density at radius 1 is 0.972 bits per heavy atom. The standard InChI is InChI=1S/C28H33N3O4S/c1-21-9-13-24(14-10-21)30-36(33,34)26-8-6-7-23(19-26)28(32)29-20-27(31-17-4-3-5-18-31)22-11-15-25(35-2)16-12-22/h6-16,19,27,30H,3-5,17-18,20H2,1-2H3,(H,29,32)/t27-/m1/s1. The fourth-order valence-corrected chi connectivity index (χ4v) is 5.55. The topological polar surface area (TPSA) is 87.7 Å². The summed E-state index contributed by atoms with van der Waals surface area (Å²) in [4.78, 5) is 15.5. The third kappa shape index (κ3) is 6.44. The summed E-state index contributed by atoms with van der Waals surface area (Å²) in [6.07, 6.45) is 3.49. The number of methoxy groups -OCH3 is 1. The Balaban J connectivity index is 1.48. The van der Waals surface area contributed by atoms with Crippen molar-refractivity contribution in [1.82, 2.24) is 10.2 Å². The molecule has 0 radical (unpaired) electrons. The number of nitrogens with zero attached hydrogens (tertiary/aromatic N) is 1. The maximum absolute atomic E-state index is 13.1. The molecule has 190 valence electrons. The van der Waals surface area contributed by atoms with Gasteiger partial charge in [0.1, 0.15) is 5.75 Å². The first-order chi connectivity index (χ1) is 17.4. The quantitative estimate of drug-likeness (QED) is 0.436. The van der Waals surface area contributed by atoms with Crippen LogP contribution < -0.4 is 14.8 Å². The van der Waals surface area contributed by atoms with Gasteiger partial charge in [0.2, 0.25) is 0 Å². The number of carbonyl (C=O) groups is 1. The van der Waals surface area contributed by atoms with Gasteiger partial charge < -0.3 is 10.1 Å². The molecule has 1 fully saturated rings. The van der Waals surface area contributed by atoms with Gasteiger partial charge in [0, 0.05) is 17.8 Å². The summed E-state index contributed by atoms with van der Waals surface area (Å²) in [7, 11) is -2.19. The lowest BCUT2D eigenvalue weighted by molar-refractivity contribution is 0.0924. The average Bonchev–Trinajstić information content (AvgIpc) is 2.91. The number of piperidine rings is 1. The predicted molar refractivity (Wildman–Crippen MR) is 142 cm³/mol. The molecule has 3 aromatic rings. The zero-order chi connectivity index (χ0) is 25.5. The Labute approximate surface area is 213 Å². The first-order valence-corrected chi connectivity index (χ1v) is 13.7. The van der Waals surface area contributed by atoms with Crippen molar-refractivity contribution in [2.75, 3.05) is 31.5 Å². The largest absolute Gasteiger partial charge is 0.497 e. The third-order valence-electron chi connectivity index (χ3n) is 6.50. The molecule has 1 saturated heterocycles. The van der Waals surface area contributed by atoms with Crippen molar-refractivity contribution in [1.29, 1.82) is 0 Å². The summed E-state index contributed by atoms with van der Waals surface area (Å²) < 4.78 is 33.7. The van der Waals surface area contributed by atoms with Gasteiger partial charge in [0.15, 0.2) is 0 Å². The van der Waals surface area contributed by atoms with Gasteiger partial charge in [0.05, 0.1) is 18.0 Å². The Morgan fingerprint density at radius 3 is 2.33 bits per heavy atom. The number of rotatable bonds is 9. The molecule has 4 rings (SSSR count). The minimum atomic E-state index is -3.83. The fraction of sp³-hybridized carbons (Fsp3) is 0.321. The van der Waals surface area contributed by atoms with Gasteiger partial charge in [-0.2, -0.15) is 0 Å². The molecule has 0 bridgehead atoms. The second-order valence-corrected chi connectivity index (χ2v) is 10.8. The first kappa shape index (κ1) is 25.7. The molecule has 1 heterocycles. The van der Waals surface area contributed by atoms with E-state index in [-0.39, 0.29) is 16.8 Å². The van der Waals surface area contributed by atoms with Gasteiger partial charge in [-0.05, 0) is 80.9 Å². The van der Waals surface area contributed by atoms with Crippen LogP contribution in [0.2, 0.25) is 0 Å². The van der Waals surface area contributed by atoms with Crippen LogP contribution in [0, 0.1) is 6.92 Å². The van der Waals surface area contributed by atoms with Gasteiger partial charge >= 0.3 is 0 Å². The Kier molecular flexibility index (Phi) is 8.28. The smallest absolute Gasteiger partial charge is 0.261 e. The van der Waals surface area contributed by atoms with Gasteiger partial charge in [-0.3, -0.25) is 14.4 Å². The van der Waals surface area contributed by atoms with Crippen LogP contribution >= 0.6 is 0 Å². The molecule has 2 N–H and O–H groups in total. The highest BCUT2D eigenvalue weighted by Crippen LogP contribution is 2.26. The molecule has 7 nitrogen and oxygen atoms in total. The van der Waals surface area contributed by atoms with Crippen LogP contribution in [0.15, 0.2) is 77.7 Å². The predicted octanol–water partition coefficient (Wildman–Crippen LogP) is 4.76. The van der Waals surface area contributed by atoms with Crippen LogP contribution in [0.3, 0.4) is 0 Å². The number of nitrogens with one attached hydrogen (secondary N) is 2. The van der Waals surface area contributed by atoms with Gasteiger partial charge in [-0.1, -0.05) is 42.3 Å². The molecule has 1 aliphatic rings. The number of likely N-dealkylation sites (tertiary alicyclic amines) is 1. The number of amides is 1. The molecule has 8 heteroatoms. The van der Waals surface area contributed by atoms with E-state index in [1.54, 1.807) is 31.4 Å². The normalized spacial score (nSPS) is 15.2. The lowest BCUT2D eigenvalue weighted by Crippen LogP contribution is -2.40. The van der Waals surface area contributed by atoms with E-state index in [1.807, 2.05) is 43.3 Å². The van der Waals surface area contributed by atoms with Crippen LogP contribution in [0.1, 0.15) is 46.8 Å². The number of carbonyl (C=O) groups excluding carboxylic acids is 1. The highest BCUT2D eigenvalue weighted by atomic mass is 32.2. The molecule has 0 spiro atoms. The van der Waals surface area contributed by atoms with E-state index in [0.29, 0.717) is 17.8 Å². The summed E-state index contributed by atoms with van der Waals surface area (Å²) >= 11 is 0. The van der Waals surface area contributed by atoms with Crippen molar-refractivity contribution < 1.29 is 17.9 Å². The molecule has 1 amide bonds. The summed E-state index contributed by atoms with van der Waals surface area (Å²) in [6.45, 7) is 4.31. The van der Waals surface area contributed by atoms with Crippen LogP contribution in [-0.4, -0.2) is 46.0 Å². The van der Waals surface area contributed by atoms with E-state index in [0.717, 1.165) is 42.8 Å². The summed E-state index contributed by atoms with van der Waals surface area (Å²) in [5.74, 6) is 0.482.